The molecule has 2 atom stereocenters. The first kappa shape index (κ1) is 15.0. The van der Waals surface area contributed by atoms with E-state index in [-0.39, 0.29) is 0 Å². The molecule has 1 saturated heterocycles. The fourth-order valence-electron chi connectivity index (χ4n) is 2.84. The molecule has 2 unspecified atom stereocenters. The average Bonchev–Trinajstić information content (AvgIpc) is 2.91. The number of nitrogens with one attached hydrogen (secondary N) is 1. The highest BCUT2D eigenvalue weighted by Gasteiger charge is 2.24. The Balaban J connectivity index is 1.80. The van der Waals surface area contributed by atoms with E-state index in [1.54, 1.807) is 11.3 Å². The summed E-state index contributed by atoms with van der Waals surface area (Å²) in [5.74, 6) is 0. The van der Waals surface area contributed by atoms with Crippen LogP contribution in [-0.2, 0) is 6.42 Å². The Labute approximate surface area is 121 Å². The molecule has 0 spiro atoms. The molecular formula is C15H27N3S. The van der Waals surface area contributed by atoms with Crippen LogP contribution in [0, 0.1) is 0 Å². The van der Waals surface area contributed by atoms with Crippen molar-refractivity contribution >= 4 is 11.3 Å². The summed E-state index contributed by atoms with van der Waals surface area (Å²) in [6.45, 7) is 3.60. The van der Waals surface area contributed by atoms with Gasteiger partial charge in [0.1, 0.15) is 0 Å². The summed E-state index contributed by atoms with van der Waals surface area (Å²) in [6.07, 6.45) is 3.68. The number of rotatable bonds is 6. The molecule has 1 fully saturated rings. The van der Waals surface area contributed by atoms with Gasteiger partial charge in [-0.25, -0.2) is 0 Å². The SMILES string of the molecule is CNC(CCc1ccsc1)CC1CN(C)CCN1C. The minimum atomic E-state index is 0.624. The molecule has 0 radical (unpaired) electrons. The average molecular weight is 281 g/mol. The molecule has 1 aliphatic heterocycles. The maximum absolute atomic E-state index is 3.51. The molecule has 0 amide bonds. The highest BCUT2D eigenvalue weighted by molar-refractivity contribution is 7.07. The minimum Gasteiger partial charge on any atom is -0.317 e. The van der Waals surface area contributed by atoms with Crippen LogP contribution < -0.4 is 5.32 Å². The number of nitrogens with zero attached hydrogens (tertiary/aromatic N) is 2. The van der Waals surface area contributed by atoms with Crippen LogP contribution in [0.5, 0.6) is 0 Å². The lowest BCUT2D eigenvalue weighted by Gasteiger charge is -2.39. The van der Waals surface area contributed by atoms with Crippen molar-refractivity contribution in [3.63, 3.8) is 0 Å². The van der Waals surface area contributed by atoms with Crippen molar-refractivity contribution in [1.82, 2.24) is 15.1 Å². The van der Waals surface area contributed by atoms with Gasteiger partial charge in [-0.05, 0) is 62.8 Å². The van der Waals surface area contributed by atoms with Crippen molar-refractivity contribution in [2.75, 3.05) is 40.8 Å². The molecule has 0 aromatic carbocycles. The number of likely N-dealkylation sites (N-methyl/N-ethyl adjacent to an activating group) is 2. The Morgan fingerprint density at radius 2 is 2.26 bits per heavy atom. The summed E-state index contributed by atoms with van der Waals surface area (Å²) < 4.78 is 0. The molecule has 3 nitrogen and oxygen atoms in total. The van der Waals surface area contributed by atoms with E-state index in [4.69, 9.17) is 0 Å². The van der Waals surface area contributed by atoms with Gasteiger partial charge in [0, 0.05) is 31.7 Å². The van der Waals surface area contributed by atoms with E-state index in [0.717, 1.165) is 0 Å². The first-order valence-corrected chi connectivity index (χ1v) is 8.20. The second-order valence-corrected chi connectivity index (χ2v) is 6.57. The van der Waals surface area contributed by atoms with Crippen molar-refractivity contribution < 1.29 is 0 Å². The third kappa shape index (κ3) is 4.56. The largest absolute Gasteiger partial charge is 0.317 e. The van der Waals surface area contributed by atoms with Gasteiger partial charge in [-0.15, -0.1) is 0 Å². The normalized spacial score (nSPS) is 23.6. The second-order valence-electron chi connectivity index (χ2n) is 5.79. The molecule has 4 heteroatoms. The van der Waals surface area contributed by atoms with Crippen LogP contribution in [0.3, 0.4) is 0 Å². The molecule has 0 aliphatic carbocycles. The van der Waals surface area contributed by atoms with E-state index in [1.165, 1.54) is 44.5 Å². The summed E-state index contributed by atoms with van der Waals surface area (Å²) >= 11 is 1.80. The number of thiophene rings is 1. The summed E-state index contributed by atoms with van der Waals surface area (Å²) in [5.41, 5.74) is 1.49. The van der Waals surface area contributed by atoms with Gasteiger partial charge in [0.2, 0.25) is 0 Å². The van der Waals surface area contributed by atoms with Gasteiger partial charge in [0.25, 0.3) is 0 Å². The highest BCUT2D eigenvalue weighted by Crippen LogP contribution is 2.16. The van der Waals surface area contributed by atoms with E-state index in [0.29, 0.717) is 12.1 Å². The maximum Gasteiger partial charge on any atom is 0.0235 e. The van der Waals surface area contributed by atoms with Crippen molar-refractivity contribution in [1.29, 1.82) is 0 Å². The van der Waals surface area contributed by atoms with Crippen LogP contribution in [0.25, 0.3) is 0 Å². The van der Waals surface area contributed by atoms with E-state index >= 15 is 0 Å². The molecule has 0 saturated carbocycles. The fraction of sp³-hybridized carbons (Fsp3) is 0.733. The number of piperazine rings is 1. The lowest BCUT2D eigenvalue weighted by atomic mass is 9.98. The molecule has 1 aromatic heterocycles. The van der Waals surface area contributed by atoms with Crippen molar-refractivity contribution in [3.05, 3.63) is 22.4 Å². The Kier molecular flexibility index (Phi) is 5.82. The quantitative estimate of drug-likeness (QED) is 0.859. The van der Waals surface area contributed by atoms with Gasteiger partial charge in [-0.2, -0.15) is 11.3 Å². The lowest BCUT2D eigenvalue weighted by Crippen LogP contribution is -2.52. The van der Waals surface area contributed by atoms with Gasteiger partial charge in [0.15, 0.2) is 0 Å². The molecule has 108 valence electrons. The predicted molar refractivity (Wildman–Crippen MR) is 84.0 cm³/mol. The molecule has 2 heterocycles. The minimum absolute atomic E-state index is 0.624. The third-order valence-electron chi connectivity index (χ3n) is 4.31. The molecule has 1 N–H and O–H groups in total. The molecular weight excluding hydrogens is 254 g/mol. The van der Waals surface area contributed by atoms with Crippen LogP contribution in [0.4, 0.5) is 0 Å². The third-order valence-corrected chi connectivity index (χ3v) is 5.04. The first-order valence-electron chi connectivity index (χ1n) is 7.26. The Morgan fingerprint density at radius 3 is 2.95 bits per heavy atom. The fourth-order valence-corrected chi connectivity index (χ4v) is 3.54. The zero-order valence-electron chi connectivity index (χ0n) is 12.4. The number of aryl methyl sites for hydroxylation is 1. The maximum atomic E-state index is 3.51. The van der Waals surface area contributed by atoms with Crippen LogP contribution >= 0.6 is 11.3 Å². The molecule has 19 heavy (non-hydrogen) atoms. The van der Waals surface area contributed by atoms with Crippen LogP contribution in [0.2, 0.25) is 0 Å². The molecule has 1 aromatic rings. The lowest BCUT2D eigenvalue weighted by molar-refractivity contribution is 0.101. The van der Waals surface area contributed by atoms with E-state index in [1.807, 2.05) is 0 Å². The molecule has 2 rings (SSSR count). The van der Waals surface area contributed by atoms with E-state index in [9.17, 15) is 0 Å². The van der Waals surface area contributed by atoms with Crippen molar-refractivity contribution in [2.24, 2.45) is 0 Å². The first-order chi connectivity index (χ1) is 9.19. The van der Waals surface area contributed by atoms with Gasteiger partial charge < -0.3 is 15.1 Å². The zero-order valence-corrected chi connectivity index (χ0v) is 13.2. The standard InChI is InChI=1S/C15H27N3S/c1-16-14(5-4-13-6-9-19-12-13)10-15-11-17(2)7-8-18(15)3/h6,9,12,14-16H,4-5,7-8,10-11H2,1-3H3. The monoisotopic (exact) mass is 281 g/mol. The van der Waals surface area contributed by atoms with Crippen LogP contribution in [0.15, 0.2) is 16.8 Å². The number of hydrogen-bond donors (Lipinski definition) is 1. The second kappa shape index (κ2) is 7.39. The van der Waals surface area contributed by atoms with Crippen LogP contribution in [0.1, 0.15) is 18.4 Å². The Bertz CT molecular complexity index is 352. The summed E-state index contributed by atoms with van der Waals surface area (Å²) in [5, 5.41) is 7.95. The zero-order chi connectivity index (χ0) is 13.7. The molecule has 0 bridgehead atoms. The van der Waals surface area contributed by atoms with Crippen LogP contribution in [-0.4, -0.2) is 62.7 Å². The van der Waals surface area contributed by atoms with Gasteiger partial charge >= 0.3 is 0 Å². The van der Waals surface area contributed by atoms with Gasteiger partial charge in [-0.3, -0.25) is 0 Å². The summed E-state index contributed by atoms with van der Waals surface area (Å²) in [7, 11) is 6.60. The van der Waals surface area contributed by atoms with Crippen molar-refractivity contribution in [3.8, 4) is 0 Å². The van der Waals surface area contributed by atoms with E-state index < -0.39 is 0 Å². The van der Waals surface area contributed by atoms with Gasteiger partial charge in [-0.1, -0.05) is 0 Å². The van der Waals surface area contributed by atoms with E-state index in [2.05, 4.69) is 53.1 Å². The molecule has 1 aliphatic rings. The summed E-state index contributed by atoms with van der Waals surface area (Å²) in [6, 6.07) is 3.57. The smallest absolute Gasteiger partial charge is 0.0235 e. The van der Waals surface area contributed by atoms with Gasteiger partial charge in [0.05, 0.1) is 0 Å². The Hall–Kier alpha value is -0.420. The Morgan fingerprint density at radius 1 is 1.42 bits per heavy atom. The van der Waals surface area contributed by atoms with Crippen molar-refractivity contribution in [2.45, 2.75) is 31.3 Å². The summed E-state index contributed by atoms with van der Waals surface area (Å²) in [4.78, 5) is 4.98. The number of hydrogen-bond acceptors (Lipinski definition) is 4. The topological polar surface area (TPSA) is 18.5 Å². The predicted octanol–water partition coefficient (Wildman–Crippen LogP) is 1.90. The highest BCUT2D eigenvalue weighted by atomic mass is 32.1.